The summed E-state index contributed by atoms with van der Waals surface area (Å²) < 4.78 is 5.38. The molecule has 0 bridgehead atoms. The van der Waals surface area contributed by atoms with Gasteiger partial charge in [-0.2, -0.15) is 0 Å². The van der Waals surface area contributed by atoms with Crippen LogP contribution in [-0.2, 0) is 16.1 Å². The maximum absolute atomic E-state index is 12.1. The van der Waals surface area contributed by atoms with E-state index in [0.29, 0.717) is 18.9 Å². The molecular weight excluding hydrogens is 294 g/mol. The molecule has 3 amide bonds. The molecule has 1 atom stereocenters. The number of urea groups is 1. The molecule has 0 saturated carbocycles. The molecule has 0 aromatic heterocycles. The van der Waals surface area contributed by atoms with E-state index in [1.165, 1.54) is 0 Å². The number of carbonyl (C=O) groups excluding carboxylic acids is 2. The van der Waals surface area contributed by atoms with Gasteiger partial charge in [0.25, 0.3) is 0 Å². The van der Waals surface area contributed by atoms with Crippen molar-refractivity contribution in [3.63, 3.8) is 0 Å². The van der Waals surface area contributed by atoms with Gasteiger partial charge in [0.05, 0.1) is 6.61 Å². The highest BCUT2D eigenvalue weighted by Gasteiger charge is 2.20. The molecule has 1 aromatic carbocycles. The maximum atomic E-state index is 12.1. The predicted molar refractivity (Wildman–Crippen MR) is 91.3 cm³/mol. The number of anilines is 1. The average Bonchev–Trinajstić information content (AvgIpc) is 2.44. The number of para-hydroxylation sites is 1. The third kappa shape index (κ3) is 7.15. The number of ether oxygens (including phenoxy) is 1. The lowest BCUT2D eigenvalue weighted by Crippen LogP contribution is -2.51. The predicted octanol–water partition coefficient (Wildman–Crippen LogP) is 2.65. The Balaban J connectivity index is 2.61. The van der Waals surface area contributed by atoms with E-state index in [4.69, 9.17) is 4.74 Å². The van der Waals surface area contributed by atoms with Crippen molar-refractivity contribution < 1.29 is 14.3 Å². The van der Waals surface area contributed by atoms with Crippen molar-refractivity contribution in [1.29, 1.82) is 0 Å². The second-order valence-electron chi connectivity index (χ2n) is 6.35. The summed E-state index contributed by atoms with van der Waals surface area (Å²) in [6.07, 6.45) is 0. The molecule has 0 aliphatic carbocycles. The van der Waals surface area contributed by atoms with Crippen LogP contribution < -0.4 is 16.0 Å². The molecule has 128 valence electrons. The Morgan fingerprint density at radius 3 is 2.48 bits per heavy atom. The molecule has 0 heterocycles. The number of hydrogen-bond donors (Lipinski definition) is 3. The summed E-state index contributed by atoms with van der Waals surface area (Å²) in [7, 11) is 0. The van der Waals surface area contributed by atoms with Crippen LogP contribution in [0.4, 0.5) is 10.5 Å². The fraction of sp³-hybridized carbons (Fsp3) is 0.529. The summed E-state index contributed by atoms with van der Waals surface area (Å²) in [4.78, 5) is 24.1. The molecule has 0 aliphatic rings. The number of rotatable bonds is 6. The van der Waals surface area contributed by atoms with Crippen molar-refractivity contribution in [2.24, 2.45) is 0 Å². The smallest absolute Gasteiger partial charge is 0.319 e. The minimum atomic E-state index is -0.631. The van der Waals surface area contributed by atoms with Gasteiger partial charge in [0.15, 0.2) is 0 Å². The number of amides is 3. The van der Waals surface area contributed by atoms with E-state index in [9.17, 15) is 9.59 Å². The van der Waals surface area contributed by atoms with Gasteiger partial charge in [-0.3, -0.25) is 4.79 Å². The van der Waals surface area contributed by atoms with Gasteiger partial charge in [-0.05, 0) is 40.7 Å². The zero-order chi connectivity index (χ0) is 17.5. The lowest BCUT2D eigenvalue weighted by molar-refractivity contribution is -0.123. The summed E-state index contributed by atoms with van der Waals surface area (Å²) in [5.41, 5.74) is 1.21. The normalized spacial score (nSPS) is 12.4. The van der Waals surface area contributed by atoms with E-state index in [1.54, 1.807) is 13.0 Å². The summed E-state index contributed by atoms with van der Waals surface area (Å²) in [5.74, 6) is -0.227. The highest BCUT2D eigenvalue weighted by Crippen LogP contribution is 2.16. The van der Waals surface area contributed by atoms with Gasteiger partial charge in [0.2, 0.25) is 5.91 Å². The molecular formula is C17H27N3O3. The molecule has 0 spiro atoms. The number of carbonyl (C=O) groups is 2. The Morgan fingerprint density at radius 1 is 1.22 bits per heavy atom. The number of nitrogens with one attached hydrogen (secondary N) is 3. The first-order valence-electron chi connectivity index (χ1n) is 7.78. The first kappa shape index (κ1) is 19.0. The Kier molecular flexibility index (Phi) is 7.03. The Hall–Kier alpha value is -2.08. The first-order chi connectivity index (χ1) is 10.7. The summed E-state index contributed by atoms with van der Waals surface area (Å²) in [6.45, 7) is 10.3. The zero-order valence-corrected chi connectivity index (χ0v) is 14.5. The van der Waals surface area contributed by atoms with Gasteiger partial charge in [-0.25, -0.2) is 4.79 Å². The van der Waals surface area contributed by atoms with Gasteiger partial charge in [0, 0.05) is 23.4 Å². The van der Waals surface area contributed by atoms with Crippen LogP contribution >= 0.6 is 0 Å². The SMILES string of the molecule is CCOCc1ccccc1NC(=O)N[C@H](C)C(=O)NC(C)(C)C. The molecule has 0 unspecified atom stereocenters. The molecule has 6 heteroatoms. The van der Waals surface area contributed by atoms with Crippen LogP contribution in [0.5, 0.6) is 0 Å². The summed E-state index contributed by atoms with van der Waals surface area (Å²) in [5, 5.41) is 8.22. The molecule has 3 N–H and O–H groups in total. The van der Waals surface area contributed by atoms with E-state index < -0.39 is 12.1 Å². The summed E-state index contributed by atoms with van der Waals surface area (Å²) in [6, 6.07) is 6.35. The molecule has 1 aromatic rings. The minimum absolute atomic E-state index is 0.227. The fourth-order valence-electron chi connectivity index (χ4n) is 1.88. The maximum Gasteiger partial charge on any atom is 0.319 e. The number of hydrogen-bond acceptors (Lipinski definition) is 3. The largest absolute Gasteiger partial charge is 0.377 e. The highest BCUT2D eigenvalue weighted by atomic mass is 16.5. The van der Waals surface area contributed by atoms with E-state index in [1.807, 2.05) is 45.9 Å². The average molecular weight is 321 g/mol. The highest BCUT2D eigenvalue weighted by molar-refractivity contribution is 5.94. The van der Waals surface area contributed by atoms with Gasteiger partial charge in [-0.1, -0.05) is 18.2 Å². The van der Waals surface area contributed by atoms with E-state index in [-0.39, 0.29) is 11.4 Å². The molecule has 0 aliphatic heterocycles. The van der Waals surface area contributed by atoms with Gasteiger partial charge < -0.3 is 20.7 Å². The van der Waals surface area contributed by atoms with E-state index >= 15 is 0 Å². The van der Waals surface area contributed by atoms with Crippen molar-refractivity contribution in [3.8, 4) is 0 Å². The van der Waals surface area contributed by atoms with Crippen LogP contribution in [0.1, 0.15) is 40.2 Å². The van der Waals surface area contributed by atoms with Gasteiger partial charge >= 0.3 is 6.03 Å². The second-order valence-corrected chi connectivity index (χ2v) is 6.35. The first-order valence-corrected chi connectivity index (χ1v) is 7.78. The standard InChI is InChI=1S/C17H27N3O3/c1-6-23-11-13-9-7-8-10-14(13)19-16(22)18-12(2)15(21)20-17(3,4)5/h7-10,12H,6,11H2,1-5H3,(H,20,21)(H2,18,19,22)/t12-/m1/s1. The van der Waals surface area contributed by atoms with Crippen molar-refractivity contribution in [2.45, 2.75) is 52.8 Å². The van der Waals surface area contributed by atoms with Crippen molar-refractivity contribution >= 4 is 17.6 Å². The van der Waals surface area contributed by atoms with Crippen molar-refractivity contribution in [3.05, 3.63) is 29.8 Å². The molecule has 1 rings (SSSR count). The molecule has 0 radical (unpaired) electrons. The zero-order valence-electron chi connectivity index (χ0n) is 14.5. The second kappa shape index (κ2) is 8.53. The van der Waals surface area contributed by atoms with Crippen LogP contribution in [0.2, 0.25) is 0 Å². The Morgan fingerprint density at radius 2 is 1.87 bits per heavy atom. The molecule has 0 saturated heterocycles. The van der Waals surface area contributed by atoms with E-state index in [2.05, 4.69) is 16.0 Å². The van der Waals surface area contributed by atoms with Crippen LogP contribution in [0, 0.1) is 0 Å². The molecule has 0 fully saturated rings. The number of benzene rings is 1. The third-order valence-corrected chi connectivity index (χ3v) is 2.97. The molecule has 23 heavy (non-hydrogen) atoms. The van der Waals surface area contributed by atoms with Gasteiger partial charge in [-0.15, -0.1) is 0 Å². The van der Waals surface area contributed by atoms with Gasteiger partial charge in [0.1, 0.15) is 6.04 Å². The van der Waals surface area contributed by atoms with Crippen LogP contribution in [0.25, 0.3) is 0 Å². The Labute approximate surface area is 138 Å². The van der Waals surface area contributed by atoms with Crippen LogP contribution in [0.3, 0.4) is 0 Å². The summed E-state index contributed by atoms with van der Waals surface area (Å²) >= 11 is 0. The van der Waals surface area contributed by atoms with Crippen molar-refractivity contribution in [1.82, 2.24) is 10.6 Å². The Bertz CT molecular complexity index is 538. The minimum Gasteiger partial charge on any atom is -0.377 e. The monoisotopic (exact) mass is 321 g/mol. The third-order valence-electron chi connectivity index (χ3n) is 2.97. The lowest BCUT2D eigenvalue weighted by atomic mass is 10.1. The molecule has 6 nitrogen and oxygen atoms in total. The fourth-order valence-corrected chi connectivity index (χ4v) is 1.88. The van der Waals surface area contributed by atoms with Crippen LogP contribution in [0.15, 0.2) is 24.3 Å². The van der Waals surface area contributed by atoms with E-state index in [0.717, 1.165) is 5.56 Å². The van der Waals surface area contributed by atoms with Crippen molar-refractivity contribution in [2.75, 3.05) is 11.9 Å². The topological polar surface area (TPSA) is 79.5 Å². The van der Waals surface area contributed by atoms with Crippen LogP contribution in [-0.4, -0.2) is 30.1 Å². The quantitative estimate of drug-likeness (QED) is 0.753. The lowest BCUT2D eigenvalue weighted by Gasteiger charge is -2.23.